The quantitative estimate of drug-likeness (QED) is 0.712. The highest BCUT2D eigenvalue weighted by Gasteiger charge is 2.26. The van der Waals surface area contributed by atoms with Crippen molar-refractivity contribution in [2.75, 3.05) is 0 Å². The summed E-state index contributed by atoms with van der Waals surface area (Å²) >= 11 is 0. The number of carbonyl (C=O) groups is 1. The first-order valence-electron chi connectivity index (χ1n) is 7.74. The van der Waals surface area contributed by atoms with Crippen LogP contribution in [0.25, 0.3) is 10.8 Å². The molecule has 128 valence electrons. The fourth-order valence-corrected chi connectivity index (χ4v) is 4.13. The van der Waals surface area contributed by atoms with Crippen LogP contribution in [-0.4, -0.2) is 25.5 Å². The maximum atomic E-state index is 12.8. The minimum absolute atomic E-state index is 0.0696. The number of hydrogen-bond acceptors (Lipinski definition) is 3. The van der Waals surface area contributed by atoms with E-state index in [1.54, 1.807) is 42.5 Å². The molecule has 1 atom stereocenters. The van der Waals surface area contributed by atoms with Crippen molar-refractivity contribution in [2.24, 2.45) is 0 Å². The summed E-state index contributed by atoms with van der Waals surface area (Å²) in [5.74, 6) is -1.22. The van der Waals surface area contributed by atoms with Crippen molar-refractivity contribution in [1.29, 1.82) is 0 Å². The van der Waals surface area contributed by atoms with Gasteiger partial charge in [-0.1, -0.05) is 66.7 Å². The van der Waals surface area contributed by atoms with Gasteiger partial charge in [-0.2, -0.15) is 4.72 Å². The first-order valence-corrected chi connectivity index (χ1v) is 9.22. The summed E-state index contributed by atoms with van der Waals surface area (Å²) in [6.45, 7) is 0. The van der Waals surface area contributed by atoms with E-state index in [4.69, 9.17) is 0 Å². The second-order valence-corrected chi connectivity index (χ2v) is 7.36. The highest BCUT2D eigenvalue weighted by Crippen LogP contribution is 2.23. The predicted octanol–water partition coefficient (Wildman–Crippen LogP) is 2.81. The van der Waals surface area contributed by atoms with Crippen molar-refractivity contribution in [3.8, 4) is 0 Å². The Morgan fingerprint density at radius 2 is 1.56 bits per heavy atom. The molecule has 0 unspecified atom stereocenters. The van der Waals surface area contributed by atoms with E-state index >= 15 is 0 Å². The van der Waals surface area contributed by atoms with E-state index in [9.17, 15) is 18.3 Å². The molecule has 0 amide bonds. The monoisotopic (exact) mass is 355 g/mol. The van der Waals surface area contributed by atoms with Crippen LogP contribution in [0.1, 0.15) is 5.56 Å². The van der Waals surface area contributed by atoms with Crippen LogP contribution in [0.2, 0.25) is 0 Å². The number of nitrogens with one attached hydrogen (secondary N) is 1. The molecule has 0 bridgehead atoms. The molecule has 0 heterocycles. The van der Waals surface area contributed by atoms with Crippen molar-refractivity contribution in [1.82, 2.24) is 4.72 Å². The van der Waals surface area contributed by atoms with Gasteiger partial charge in [-0.05, 0) is 23.4 Å². The van der Waals surface area contributed by atoms with Crippen LogP contribution in [0, 0.1) is 0 Å². The Bertz CT molecular complexity index is 995. The number of carboxylic acid groups (broad SMARTS) is 1. The maximum absolute atomic E-state index is 12.8. The summed E-state index contributed by atoms with van der Waals surface area (Å²) in [7, 11) is -3.98. The molecule has 5 nitrogen and oxygen atoms in total. The third-order valence-electron chi connectivity index (χ3n) is 3.92. The van der Waals surface area contributed by atoms with Gasteiger partial charge in [-0.25, -0.2) is 8.42 Å². The Balaban J connectivity index is 1.94. The van der Waals surface area contributed by atoms with Gasteiger partial charge < -0.3 is 5.11 Å². The van der Waals surface area contributed by atoms with Crippen molar-refractivity contribution in [2.45, 2.75) is 17.4 Å². The molecule has 0 radical (unpaired) electrons. The van der Waals surface area contributed by atoms with Crippen LogP contribution in [-0.2, 0) is 21.2 Å². The lowest BCUT2D eigenvalue weighted by Gasteiger charge is -2.16. The Hall–Kier alpha value is -2.70. The van der Waals surface area contributed by atoms with E-state index in [1.807, 2.05) is 24.3 Å². The molecule has 3 rings (SSSR count). The van der Waals surface area contributed by atoms with Gasteiger partial charge in [0.05, 0.1) is 4.90 Å². The SMILES string of the molecule is O=C(O)[C@@H](Cc1ccccc1)NS(=O)(=O)c1cccc2ccccc12. The highest BCUT2D eigenvalue weighted by molar-refractivity contribution is 7.89. The van der Waals surface area contributed by atoms with E-state index in [2.05, 4.69) is 4.72 Å². The second-order valence-electron chi connectivity index (χ2n) is 5.68. The van der Waals surface area contributed by atoms with Gasteiger partial charge in [-0.3, -0.25) is 4.79 Å². The Morgan fingerprint density at radius 3 is 2.28 bits per heavy atom. The molecule has 0 aliphatic rings. The molecule has 0 fully saturated rings. The fourth-order valence-electron chi connectivity index (χ4n) is 2.71. The second kappa shape index (κ2) is 7.04. The van der Waals surface area contributed by atoms with Gasteiger partial charge in [0.2, 0.25) is 10.0 Å². The largest absolute Gasteiger partial charge is 0.480 e. The van der Waals surface area contributed by atoms with Crippen LogP contribution in [0.5, 0.6) is 0 Å². The molecule has 0 aliphatic carbocycles. The van der Waals surface area contributed by atoms with Gasteiger partial charge >= 0.3 is 5.97 Å². The summed E-state index contributed by atoms with van der Waals surface area (Å²) < 4.78 is 27.9. The predicted molar refractivity (Wildman–Crippen MR) is 95.8 cm³/mol. The zero-order chi connectivity index (χ0) is 17.9. The van der Waals surface area contributed by atoms with Crippen molar-refractivity contribution in [3.05, 3.63) is 78.4 Å². The van der Waals surface area contributed by atoms with Crippen LogP contribution in [0.3, 0.4) is 0 Å². The van der Waals surface area contributed by atoms with Crippen LogP contribution >= 0.6 is 0 Å². The molecular formula is C19H17NO4S. The zero-order valence-electron chi connectivity index (χ0n) is 13.3. The van der Waals surface area contributed by atoms with E-state index < -0.39 is 22.0 Å². The number of hydrogen-bond donors (Lipinski definition) is 2. The minimum Gasteiger partial charge on any atom is -0.480 e. The van der Waals surface area contributed by atoms with Gasteiger partial charge in [0.1, 0.15) is 6.04 Å². The Labute approximate surface area is 146 Å². The van der Waals surface area contributed by atoms with Gasteiger partial charge in [0.25, 0.3) is 0 Å². The van der Waals surface area contributed by atoms with Crippen LogP contribution in [0.4, 0.5) is 0 Å². The van der Waals surface area contributed by atoms with Gasteiger partial charge in [0, 0.05) is 5.39 Å². The average molecular weight is 355 g/mol. The molecule has 3 aromatic rings. The van der Waals surface area contributed by atoms with Gasteiger partial charge in [-0.15, -0.1) is 0 Å². The maximum Gasteiger partial charge on any atom is 0.322 e. The first-order chi connectivity index (χ1) is 12.0. The van der Waals surface area contributed by atoms with E-state index in [0.717, 1.165) is 10.9 Å². The summed E-state index contributed by atoms with van der Waals surface area (Å²) in [4.78, 5) is 11.6. The lowest BCUT2D eigenvalue weighted by molar-refractivity contribution is -0.138. The lowest BCUT2D eigenvalue weighted by Crippen LogP contribution is -2.42. The first kappa shape index (κ1) is 17.1. The molecule has 0 aromatic heterocycles. The molecule has 6 heteroatoms. The molecular weight excluding hydrogens is 338 g/mol. The number of aliphatic carboxylic acids is 1. The Morgan fingerprint density at radius 1 is 0.920 bits per heavy atom. The molecule has 0 aliphatic heterocycles. The lowest BCUT2D eigenvalue weighted by atomic mass is 10.1. The fraction of sp³-hybridized carbons (Fsp3) is 0.105. The minimum atomic E-state index is -3.98. The third kappa shape index (κ3) is 3.87. The average Bonchev–Trinajstić information content (AvgIpc) is 2.61. The zero-order valence-corrected chi connectivity index (χ0v) is 14.1. The Kier molecular flexibility index (Phi) is 4.83. The summed E-state index contributed by atoms with van der Waals surface area (Å²) in [6, 6.07) is 19.7. The van der Waals surface area contributed by atoms with Crippen molar-refractivity contribution in [3.63, 3.8) is 0 Å². The standard InChI is InChI=1S/C19H17NO4S/c21-19(22)17(13-14-7-2-1-3-8-14)20-25(23,24)18-12-6-10-15-9-4-5-11-16(15)18/h1-12,17,20H,13H2,(H,21,22)/t17-/m1/s1. The smallest absolute Gasteiger partial charge is 0.322 e. The number of sulfonamides is 1. The normalized spacial score (nSPS) is 12.8. The number of carboxylic acids is 1. The third-order valence-corrected chi connectivity index (χ3v) is 5.45. The molecule has 25 heavy (non-hydrogen) atoms. The number of benzene rings is 3. The summed E-state index contributed by atoms with van der Waals surface area (Å²) in [5, 5.41) is 10.8. The molecule has 0 saturated heterocycles. The number of rotatable bonds is 6. The van der Waals surface area contributed by atoms with Gasteiger partial charge in [0.15, 0.2) is 0 Å². The van der Waals surface area contributed by atoms with Crippen LogP contribution in [0.15, 0.2) is 77.7 Å². The van der Waals surface area contributed by atoms with Crippen molar-refractivity contribution >= 4 is 26.8 Å². The van der Waals surface area contributed by atoms with E-state index in [-0.39, 0.29) is 11.3 Å². The van der Waals surface area contributed by atoms with E-state index in [0.29, 0.717) is 5.39 Å². The van der Waals surface area contributed by atoms with Crippen molar-refractivity contribution < 1.29 is 18.3 Å². The van der Waals surface area contributed by atoms with Crippen LogP contribution < -0.4 is 4.72 Å². The summed E-state index contributed by atoms with van der Waals surface area (Å²) in [5.41, 5.74) is 0.746. The molecule has 0 spiro atoms. The highest BCUT2D eigenvalue weighted by atomic mass is 32.2. The summed E-state index contributed by atoms with van der Waals surface area (Å²) in [6.07, 6.45) is 0.0696. The topological polar surface area (TPSA) is 83.5 Å². The molecule has 0 saturated carbocycles. The van der Waals surface area contributed by atoms with E-state index in [1.165, 1.54) is 6.07 Å². The molecule has 2 N–H and O–H groups in total. The number of fused-ring (bicyclic) bond motifs is 1. The molecule has 3 aromatic carbocycles.